The molecule has 0 heterocycles. The topological polar surface area (TPSA) is 108 Å². The fourth-order valence-corrected chi connectivity index (χ4v) is 1.18. The van der Waals surface area contributed by atoms with E-state index in [0.29, 0.717) is 6.42 Å². The first-order valence-corrected chi connectivity index (χ1v) is 5.15. The minimum absolute atomic E-state index is 0.458. The molecular weight excluding hydrogens is 210 g/mol. The number of hydrazine groups is 2. The Morgan fingerprint density at radius 3 is 2.44 bits per heavy atom. The van der Waals surface area contributed by atoms with Crippen molar-refractivity contribution in [3.05, 3.63) is 0 Å². The molecule has 0 aliphatic rings. The molecule has 0 bridgehead atoms. The highest BCUT2D eigenvalue weighted by Gasteiger charge is 2.32. The van der Waals surface area contributed by atoms with Crippen molar-refractivity contribution < 1.29 is 9.59 Å². The molecule has 0 aliphatic heterocycles. The Bertz CT molecular complexity index is 242. The van der Waals surface area contributed by atoms with E-state index < -0.39 is 17.2 Å². The molecule has 0 aromatic rings. The molecule has 0 radical (unpaired) electrons. The SMILES string of the molecule is CNCCCC(C)(N)C(=O)C(=O)NNNC. The van der Waals surface area contributed by atoms with Crippen molar-refractivity contribution in [3.8, 4) is 0 Å². The highest BCUT2D eigenvalue weighted by molar-refractivity contribution is 6.39. The zero-order valence-corrected chi connectivity index (χ0v) is 10.0. The molecule has 16 heavy (non-hydrogen) atoms. The Balaban J connectivity index is 4.16. The second-order valence-electron chi connectivity index (χ2n) is 3.78. The van der Waals surface area contributed by atoms with Crippen LogP contribution in [0.25, 0.3) is 0 Å². The van der Waals surface area contributed by atoms with Crippen LogP contribution in [0, 0.1) is 0 Å². The molecule has 0 saturated carbocycles. The maximum atomic E-state index is 11.6. The van der Waals surface area contributed by atoms with E-state index in [4.69, 9.17) is 5.73 Å². The van der Waals surface area contributed by atoms with Crippen molar-refractivity contribution in [2.75, 3.05) is 20.6 Å². The minimum atomic E-state index is -1.13. The average Bonchev–Trinajstić information content (AvgIpc) is 2.25. The molecule has 0 fully saturated rings. The maximum Gasteiger partial charge on any atom is 0.304 e. The summed E-state index contributed by atoms with van der Waals surface area (Å²) in [4.78, 5) is 23.0. The van der Waals surface area contributed by atoms with Crippen LogP contribution in [0.15, 0.2) is 0 Å². The largest absolute Gasteiger partial charge is 0.320 e. The van der Waals surface area contributed by atoms with E-state index in [1.54, 1.807) is 14.0 Å². The summed E-state index contributed by atoms with van der Waals surface area (Å²) in [6, 6.07) is 0. The van der Waals surface area contributed by atoms with Gasteiger partial charge in [-0.05, 0) is 33.4 Å². The number of nitrogens with two attached hydrogens (primary N) is 1. The number of carbonyl (C=O) groups excluding carboxylic acids is 2. The Morgan fingerprint density at radius 1 is 1.31 bits per heavy atom. The number of amides is 1. The summed E-state index contributed by atoms with van der Waals surface area (Å²) in [6.45, 7) is 2.32. The molecule has 0 spiro atoms. The summed E-state index contributed by atoms with van der Waals surface area (Å²) in [6.07, 6.45) is 1.20. The van der Waals surface area contributed by atoms with Crippen LogP contribution in [-0.2, 0) is 9.59 Å². The van der Waals surface area contributed by atoms with Gasteiger partial charge in [0, 0.05) is 7.05 Å². The highest BCUT2D eigenvalue weighted by Crippen LogP contribution is 2.09. The lowest BCUT2D eigenvalue weighted by molar-refractivity contribution is -0.141. The third-order valence-corrected chi connectivity index (χ3v) is 2.15. The minimum Gasteiger partial charge on any atom is -0.320 e. The average molecular weight is 231 g/mol. The van der Waals surface area contributed by atoms with E-state index in [1.807, 2.05) is 7.05 Å². The first kappa shape index (κ1) is 15.0. The monoisotopic (exact) mass is 231 g/mol. The van der Waals surface area contributed by atoms with E-state index >= 15 is 0 Å². The van der Waals surface area contributed by atoms with Crippen LogP contribution >= 0.6 is 0 Å². The zero-order valence-electron chi connectivity index (χ0n) is 10.0. The van der Waals surface area contributed by atoms with Crippen LogP contribution in [-0.4, -0.2) is 37.9 Å². The van der Waals surface area contributed by atoms with Gasteiger partial charge in [-0.2, -0.15) is 5.53 Å². The molecule has 0 aliphatic carbocycles. The zero-order chi connectivity index (χ0) is 12.6. The van der Waals surface area contributed by atoms with E-state index in [9.17, 15) is 9.59 Å². The van der Waals surface area contributed by atoms with Crippen molar-refractivity contribution >= 4 is 11.7 Å². The fourth-order valence-electron chi connectivity index (χ4n) is 1.18. The maximum absolute atomic E-state index is 11.6. The predicted octanol–water partition coefficient (Wildman–Crippen LogP) is -1.97. The number of hydrogen-bond donors (Lipinski definition) is 5. The Labute approximate surface area is 95.5 Å². The Hall–Kier alpha value is -1.02. The molecule has 1 amide bonds. The van der Waals surface area contributed by atoms with Gasteiger partial charge in [-0.15, -0.1) is 0 Å². The predicted molar refractivity (Wildman–Crippen MR) is 61.1 cm³/mol. The standard InChI is InChI=1S/C9H21N5O2/c1-9(10,5-4-6-11-2)7(15)8(16)13-14-12-3/h11-12,14H,4-6,10H2,1-3H3,(H,13,16). The molecule has 94 valence electrons. The number of carbonyl (C=O) groups is 2. The van der Waals surface area contributed by atoms with Gasteiger partial charge in [-0.25, -0.2) is 5.43 Å². The van der Waals surface area contributed by atoms with Crippen molar-refractivity contribution in [2.24, 2.45) is 5.73 Å². The summed E-state index contributed by atoms with van der Waals surface area (Å²) >= 11 is 0. The van der Waals surface area contributed by atoms with E-state index in [1.165, 1.54) is 0 Å². The summed E-state index contributed by atoms with van der Waals surface area (Å²) in [5.74, 6) is -1.38. The fraction of sp³-hybridized carbons (Fsp3) is 0.778. The third kappa shape index (κ3) is 5.17. The second-order valence-corrected chi connectivity index (χ2v) is 3.78. The molecule has 7 nitrogen and oxygen atoms in total. The second kappa shape index (κ2) is 7.29. The Morgan fingerprint density at radius 2 is 1.94 bits per heavy atom. The van der Waals surface area contributed by atoms with Crippen molar-refractivity contribution in [2.45, 2.75) is 25.3 Å². The molecule has 1 atom stereocenters. The van der Waals surface area contributed by atoms with Crippen molar-refractivity contribution in [3.63, 3.8) is 0 Å². The van der Waals surface area contributed by atoms with E-state index in [-0.39, 0.29) is 0 Å². The lowest BCUT2D eigenvalue weighted by Gasteiger charge is -2.22. The number of ketones is 1. The first-order valence-electron chi connectivity index (χ1n) is 5.15. The van der Waals surface area contributed by atoms with Gasteiger partial charge in [0.05, 0.1) is 5.54 Å². The van der Waals surface area contributed by atoms with E-state index in [2.05, 4.69) is 21.7 Å². The van der Waals surface area contributed by atoms with Gasteiger partial charge in [0.1, 0.15) is 0 Å². The van der Waals surface area contributed by atoms with Crippen LogP contribution in [0.3, 0.4) is 0 Å². The molecule has 0 aromatic carbocycles. The molecule has 0 aromatic heterocycles. The molecule has 0 rings (SSSR count). The van der Waals surface area contributed by atoms with Crippen LogP contribution in [0.4, 0.5) is 0 Å². The number of nitrogens with one attached hydrogen (secondary N) is 4. The third-order valence-electron chi connectivity index (χ3n) is 2.15. The van der Waals surface area contributed by atoms with Gasteiger partial charge in [0.25, 0.3) is 0 Å². The van der Waals surface area contributed by atoms with Crippen molar-refractivity contribution in [1.82, 2.24) is 21.7 Å². The number of Topliss-reactive ketones (excluding diaryl/α,β-unsaturated/α-hetero) is 1. The van der Waals surface area contributed by atoms with Gasteiger partial charge in [-0.3, -0.25) is 15.0 Å². The molecular formula is C9H21N5O2. The summed E-state index contributed by atoms with van der Waals surface area (Å²) in [7, 11) is 3.39. The van der Waals surface area contributed by atoms with Gasteiger partial charge in [-0.1, -0.05) is 0 Å². The van der Waals surface area contributed by atoms with Crippen molar-refractivity contribution in [1.29, 1.82) is 0 Å². The first-order chi connectivity index (χ1) is 7.45. The lowest BCUT2D eigenvalue weighted by Crippen LogP contribution is -2.56. The summed E-state index contributed by atoms with van der Waals surface area (Å²) in [5, 5.41) is 2.95. The number of rotatable bonds is 8. The lowest BCUT2D eigenvalue weighted by atomic mass is 9.91. The normalized spacial score (nSPS) is 14.2. The molecule has 1 unspecified atom stereocenters. The van der Waals surface area contributed by atoms with Crippen LogP contribution in [0.1, 0.15) is 19.8 Å². The quantitative estimate of drug-likeness (QED) is 0.188. The Kier molecular flexibility index (Phi) is 6.82. The van der Waals surface area contributed by atoms with Crippen LogP contribution < -0.4 is 27.4 Å². The van der Waals surface area contributed by atoms with Gasteiger partial charge in [0.15, 0.2) is 0 Å². The molecule has 6 N–H and O–H groups in total. The highest BCUT2D eigenvalue weighted by atomic mass is 16.2. The van der Waals surface area contributed by atoms with Crippen LogP contribution in [0.5, 0.6) is 0 Å². The molecule has 7 heteroatoms. The summed E-state index contributed by atoms with van der Waals surface area (Å²) in [5.41, 5.74) is 11.6. The van der Waals surface area contributed by atoms with Gasteiger partial charge >= 0.3 is 5.91 Å². The summed E-state index contributed by atoms with van der Waals surface area (Å²) < 4.78 is 0. The van der Waals surface area contributed by atoms with Gasteiger partial charge < -0.3 is 11.1 Å². The van der Waals surface area contributed by atoms with Gasteiger partial charge in [0.2, 0.25) is 5.78 Å². The van der Waals surface area contributed by atoms with Crippen LogP contribution in [0.2, 0.25) is 0 Å². The van der Waals surface area contributed by atoms with E-state index in [0.717, 1.165) is 13.0 Å². The number of hydrogen-bond acceptors (Lipinski definition) is 6. The molecule has 0 saturated heterocycles. The smallest absolute Gasteiger partial charge is 0.304 e.